The zero-order valence-electron chi connectivity index (χ0n) is 16.4. The summed E-state index contributed by atoms with van der Waals surface area (Å²) < 4.78 is 5.53. The van der Waals surface area contributed by atoms with E-state index < -0.39 is 0 Å². The van der Waals surface area contributed by atoms with Gasteiger partial charge in [0.2, 0.25) is 0 Å². The normalized spacial score (nSPS) is 21.6. The van der Waals surface area contributed by atoms with Crippen molar-refractivity contribution in [3.05, 3.63) is 35.4 Å². The van der Waals surface area contributed by atoms with Crippen molar-refractivity contribution in [1.29, 1.82) is 0 Å². The number of nitrogens with zero attached hydrogens (tertiary/aromatic N) is 2. The number of hydrogen-bond donors (Lipinski definition) is 2. The zero-order valence-corrected chi connectivity index (χ0v) is 16.4. The third kappa shape index (κ3) is 6.01. The molecule has 0 aliphatic carbocycles. The van der Waals surface area contributed by atoms with Crippen LogP contribution in [0, 0.1) is 6.92 Å². The molecule has 0 aromatic heterocycles. The number of aliphatic imine (C=N–C) groups is 1. The average Bonchev–Trinajstić information content (AvgIpc) is 2.62. The molecule has 0 spiro atoms. The molecule has 1 aliphatic rings. The molecule has 1 saturated heterocycles. The van der Waals surface area contributed by atoms with E-state index >= 15 is 0 Å². The number of rotatable bonds is 6. The predicted octanol–water partition coefficient (Wildman–Crippen LogP) is 2.37. The molecule has 25 heavy (non-hydrogen) atoms. The van der Waals surface area contributed by atoms with Gasteiger partial charge in [-0.3, -0.25) is 9.89 Å². The predicted molar refractivity (Wildman–Crippen MR) is 105 cm³/mol. The van der Waals surface area contributed by atoms with Gasteiger partial charge in [0.05, 0.1) is 13.2 Å². The minimum Gasteiger partial charge on any atom is -0.379 e. The highest BCUT2D eigenvalue weighted by atomic mass is 16.5. The molecule has 5 nitrogen and oxygen atoms in total. The van der Waals surface area contributed by atoms with Gasteiger partial charge in [0.1, 0.15) is 0 Å². The second-order valence-electron chi connectivity index (χ2n) is 7.16. The summed E-state index contributed by atoms with van der Waals surface area (Å²) in [5.41, 5.74) is 2.65. The summed E-state index contributed by atoms with van der Waals surface area (Å²) >= 11 is 0. The molecule has 1 fully saturated rings. The van der Waals surface area contributed by atoms with Gasteiger partial charge in [0.15, 0.2) is 5.96 Å². The lowest BCUT2D eigenvalue weighted by Gasteiger charge is -2.38. The van der Waals surface area contributed by atoms with Crippen LogP contribution in [0.1, 0.15) is 37.8 Å². The Morgan fingerprint density at radius 2 is 1.92 bits per heavy atom. The molecule has 1 aromatic carbocycles. The van der Waals surface area contributed by atoms with Crippen LogP contribution in [0.3, 0.4) is 0 Å². The zero-order chi connectivity index (χ0) is 18.2. The van der Waals surface area contributed by atoms with Gasteiger partial charge < -0.3 is 15.4 Å². The van der Waals surface area contributed by atoms with E-state index in [4.69, 9.17) is 4.74 Å². The molecule has 0 amide bonds. The molecular formula is C20H34N4O. The summed E-state index contributed by atoms with van der Waals surface area (Å²) in [5, 5.41) is 6.91. The van der Waals surface area contributed by atoms with Crippen LogP contribution in [0.2, 0.25) is 0 Å². The Kier molecular flexibility index (Phi) is 7.72. The van der Waals surface area contributed by atoms with E-state index in [2.05, 4.69) is 72.5 Å². The molecule has 1 aromatic rings. The first-order valence-corrected chi connectivity index (χ1v) is 9.35. The third-order valence-electron chi connectivity index (χ3n) is 5.00. The number of hydrogen-bond acceptors (Lipinski definition) is 3. The minimum absolute atomic E-state index is 0.441. The fourth-order valence-corrected chi connectivity index (χ4v) is 3.24. The Morgan fingerprint density at radius 3 is 2.56 bits per heavy atom. The number of benzene rings is 1. The van der Waals surface area contributed by atoms with Crippen LogP contribution in [-0.2, 0) is 4.74 Å². The van der Waals surface area contributed by atoms with Crippen molar-refractivity contribution in [2.24, 2.45) is 4.99 Å². The highest BCUT2D eigenvalue weighted by Crippen LogP contribution is 2.14. The number of morpholine rings is 1. The van der Waals surface area contributed by atoms with Crippen LogP contribution in [0.15, 0.2) is 29.3 Å². The largest absolute Gasteiger partial charge is 0.379 e. The maximum absolute atomic E-state index is 5.53. The first-order chi connectivity index (χ1) is 12.0. The van der Waals surface area contributed by atoms with Gasteiger partial charge in [0.25, 0.3) is 0 Å². The van der Waals surface area contributed by atoms with Crippen molar-refractivity contribution in [2.45, 2.75) is 45.7 Å². The quantitative estimate of drug-likeness (QED) is 0.613. The van der Waals surface area contributed by atoms with E-state index in [0.29, 0.717) is 18.0 Å². The fourth-order valence-electron chi connectivity index (χ4n) is 3.24. The first kappa shape index (κ1) is 19.7. The lowest BCUT2D eigenvalue weighted by molar-refractivity contribution is -0.0174. The summed E-state index contributed by atoms with van der Waals surface area (Å²) in [6.45, 7) is 13.2. The van der Waals surface area contributed by atoms with Gasteiger partial charge in [0, 0.05) is 38.8 Å². The Balaban J connectivity index is 1.77. The highest BCUT2D eigenvalue weighted by molar-refractivity contribution is 5.79. The van der Waals surface area contributed by atoms with Crippen molar-refractivity contribution in [1.82, 2.24) is 15.5 Å². The second kappa shape index (κ2) is 9.78. The Bertz CT molecular complexity index is 543. The van der Waals surface area contributed by atoms with E-state index in [1.54, 1.807) is 0 Å². The summed E-state index contributed by atoms with van der Waals surface area (Å²) in [6, 6.07) is 9.68. The van der Waals surface area contributed by atoms with Crippen molar-refractivity contribution < 1.29 is 4.74 Å². The minimum atomic E-state index is 0.441. The molecule has 2 rings (SSSR count). The molecule has 1 heterocycles. The lowest BCUT2D eigenvalue weighted by Crippen LogP contribution is -2.53. The van der Waals surface area contributed by atoms with E-state index in [0.717, 1.165) is 38.8 Å². The molecule has 5 heteroatoms. The Hall–Kier alpha value is -1.59. The molecule has 0 saturated carbocycles. The van der Waals surface area contributed by atoms with Crippen LogP contribution in [-0.4, -0.2) is 62.8 Å². The summed E-state index contributed by atoms with van der Waals surface area (Å²) in [5.74, 6) is 1.31. The van der Waals surface area contributed by atoms with Crippen LogP contribution in [0.4, 0.5) is 0 Å². The smallest absolute Gasteiger partial charge is 0.191 e. The monoisotopic (exact) mass is 346 g/mol. The molecule has 2 N–H and O–H groups in total. The van der Waals surface area contributed by atoms with Crippen molar-refractivity contribution in [3.8, 4) is 0 Å². The maximum Gasteiger partial charge on any atom is 0.191 e. The number of guanidine groups is 1. The van der Waals surface area contributed by atoms with E-state index in [-0.39, 0.29) is 0 Å². The third-order valence-corrected chi connectivity index (χ3v) is 5.00. The van der Waals surface area contributed by atoms with Gasteiger partial charge in [-0.1, -0.05) is 36.8 Å². The van der Waals surface area contributed by atoms with Crippen LogP contribution >= 0.6 is 0 Å². The van der Waals surface area contributed by atoms with Gasteiger partial charge in [-0.25, -0.2) is 0 Å². The maximum atomic E-state index is 5.53. The summed E-state index contributed by atoms with van der Waals surface area (Å²) in [6.07, 6.45) is 0. The molecule has 3 unspecified atom stereocenters. The first-order valence-electron chi connectivity index (χ1n) is 9.35. The van der Waals surface area contributed by atoms with Crippen LogP contribution in [0.5, 0.6) is 0 Å². The van der Waals surface area contributed by atoms with E-state index in [1.807, 2.05) is 7.05 Å². The molecule has 3 atom stereocenters. The standard InChI is InChI=1S/C20H34N4O/c1-15-6-8-19(9-7-15)16(2)12-22-20(21-5)23-13-17(3)24-10-11-25-14-18(24)4/h6-9,16-18H,10-14H2,1-5H3,(H2,21,22,23). The fraction of sp³-hybridized carbons (Fsp3) is 0.650. The van der Waals surface area contributed by atoms with E-state index in [1.165, 1.54) is 11.1 Å². The molecule has 1 aliphatic heterocycles. The highest BCUT2D eigenvalue weighted by Gasteiger charge is 2.23. The molecule has 140 valence electrons. The molecular weight excluding hydrogens is 312 g/mol. The number of aryl methyl sites for hydroxylation is 1. The topological polar surface area (TPSA) is 48.9 Å². The number of ether oxygens (including phenoxy) is 1. The van der Waals surface area contributed by atoms with Crippen molar-refractivity contribution >= 4 is 5.96 Å². The molecule has 0 bridgehead atoms. The van der Waals surface area contributed by atoms with Crippen LogP contribution in [0.25, 0.3) is 0 Å². The number of nitrogens with one attached hydrogen (secondary N) is 2. The van der Waals surface area contributed by atoms with Gasteiger partial charge >= 0.3 is 0 Å². The van der Waals surface area contributed by atoms with Crippen molar-refractivity contribution in [3.63, 3.8) is 0 Å². The van der Waals surface area contributed by atoms with Crippen molar-refractivity contribution in [2.75, 3.05) is 39.9 Å². The average molecular weight is 347 g/mol. The summed E-state index contributed by atoms with van der Waals surface area (Å²) in [7, 11) is 1.83. The Labute approximate surface area is 152 Å². The second-order valence-corrected chi connectivity index (χ2v) is 7.16. The van der Waals surface area contributed by atoms with Gasteiger partial charge in [-0.2, -0.15) is 0 Å². The SMILES string of the molecule is CN=C(NCC(C)c1ccc(C)cc1)NCC(C)N1CCOCC1C. The summed E-state index contributed by atoms with van der Waals surface area (Å²) in [4.78, 5) is 6.85. The van der Waals surface area contributed by atoms with Crippen LogP contribution < -0.4 is 10.6 Å². The van der Waals surface area contributed by atoms with E-state index in [9.17, 15) is 0 Å². The van der Waals surface area contributed by atoms with Gasteiger partial charge in [-0.15, -0.1) is 0 Å². The van der Waals surface area contributed by atoms with Gasteiger partial charge in [-0.05, 0) is 32.3 Å². The lowest BCUT2D eigenvalue weighted by atomic mass is 10.0. The molecule has 0 radical (unpaired) electrons. The Morgan fingerprint density at radius 1 is 1.24 bits per heavy atom.